The van der Waals surface area contributed by atoms with E-state index >= 15 is 0 Å². The Morgan fingerprint density at radius 2 is 1.27 bits per heavy atom. The number of hydrogen-bond acceptors (Lipinski definition) is 19. The second kappa shape index (κ2) is 45.8. The summed E-state index contributed by atoms with van der Waals surface area (Å²) < 4.78 is 28.8. The Hall–Kier alpha value is -6.60. The number of hydrogen-bond donors (Lipinski definition) is 9. The number of epoxide rings is 1. The predicted octanol–water partition coefficient (Wildman–Crippen LogP) is 12.6. The van der Waals surface area contributed by atoms with Crippen LogP contribution in [0.1, 0.15) is 216 Å². The van der Waals surface area contributed by atoms with Gasteiger partial charge in [0.1, 0.15) is 51.5 Å². The molecule has 23 heteroatoms. The number of phenols is 2. The zero-order chi connectivity index (χ0) is 80.9. The lowest BCUT2D eigenvalue weighted by Gasteiger charge is -2.42. The molecule has 2 fully saturated rings. The number of aliphatic hydroxyl groups excluding tert-OH is 5. The van der Waals surface area contributed by atoms with Crippen molar-refractivity contribution in [3.63, 3.8) is 0 Å². The number of halogens is 1. The standard InChI is InChI=1S/C35H47NO10.C32H43ClN2O9.2C3H8.4C2H6/c1-14-10-9-11-15(2)35(46)36-22-13-23(37)24-25(32(43)21(8)33(44)26(24)34(22)45)29(40)17(4)12-16(3)28(39)19(6)31(42)20(7)30(41)18(5)27(14)38;1-17(2)29(37)43-25-15-26(36)35(6)21-13-20(14-22(40-7)27(21)33)12-18(3)10-9-11-24(41-8)32(39)16-23(42-30(38)34-32)19(4)28-31(25,5)44-28;2*1-3-2;4*1-2/h9-14,16,18-21,27-28,30-31,33,37-39,41-42,44-45H,1-8H3;9-11,13-14,17,19,23-25,28,39H,12,15-16H2,1-8H3,(H,34,38);2*3H2,1-2H3;4*1-2H3/b10-9+,15-11-,17-12-,36-22?;11-9+,18-10-;;;;;;/t14-,16?,18+,19+,20+,21?,27-,28-,30+,31+,33?;19-,23+,24-,25+,28+,31-,32+;;;;;;/m01....../s1. The number of carbonyl (C=O) groups excluding carboxylic acids is 6. The number of anilines is 1. The van der Waals surface area contributed by atoms with Crippen molar-refractivity contribution in [1.82, 2.24) is 5.32 Å². The third kappa shape index (κ3) is 25.0. The number of aromatic hydroxyl groups is 2. The number of esters is 1. The number of alkyl carbamates (subject to hydrolysis) is 1. The average Bonchev–Trinajstić information content (AvgIpc) is 1.61. The van der Waals surface area contributed by atoms with Gasteiger partial charge in [0.25, 0.3) is 5.91 Å². The van der Waals surface area contributed by atoms with Crippen LogP contribution in [0.2, 0.25) is 5.02 Å². The van der Waals surface area contributed by atoms with E-state index in [1.54, 1.807) is 80.7 Å². The molecule has 2 saturated heterocycles. The van der Waals surface area contributed by atoms with Crippen molar-refractivity contribution in [2.45, 2.75) is 271 Å². The molecular weight excluding hydrogens is 1350 g/mol. The van der Waals surface area contributed by atoms with E-state index in [4.69, 9.17) is 35.3 Å². The van der Waals surface area contributed by atoms with E-state index in [-0.39, 0.29) is 51.1 Å². The molecule has 9 N–H and O–H groups in total. The predicted molar refractivity (Wildman–Crippen MR) is 410 cm³/mol. The van der Waals surface area contributed by atoms with Gasteiger partial charge in [0, 0.05) is 78.5 Å². The normalized spacial score (nSPS) is 32.2. The molecule has 22 nitrogen and oxygen atoms in total. The van der Waals surface area contributed by atoms with Crippen molar-refractivity contribution in [2.75, 3.05) is 26.2 Å². The van der Waals surface area contributed by atoms with Crippen LogP contribution in [-0.2, 0) is 49.3 Å². The van der Waals surface area contributed by atoms with Crippen molar-refractivity contribution in [3.05, 3.63) is 104 Å². The Balaban J connectivity index is 0.00000174. The van der Waals surface area contributed by atoms with Gasteiger partial charge in [-0.25, -0.2) is 9.79 Å². The Kier molecular flexibility index (Phi) is 42.9. The van der Waals surface area contributed by atoms with Gasteiger partial charge in [-0.15, -0.1) is 0 Å². The molecule has 5 aliphatic heterocycles. The maximum absolute atomic E-state index is 13.8. The van der Waals surface area contributed by atoms with E-state index in [2.05, 4.69) is 38.0 Å². The minimum atomic E-state index is -1.77. The molecule has 18 atom stereocenters. The third-order valence-electron chi connectivity index (χ3n) is 18.4. The molecule has 2 aromatic carbocycles. The monoisotopic (exact) mass is 1480 g/mol. The lowest BCUT2D eigenvalue weighted by Crippen LogP contribution is -2.63. The fourth-order valence-electron chi connectivity index (χ4n) is 12.2. The van der Waals surface area contributed by atoms with Gasteiger partial charge in [0.15, 0.2) is 17.3 Å². The molecule has 590 valence electrons. The van der Waals surface area contributed by atoms with Gasteiger partial charge in [-0.05, 0) is 57.4 Å². The van der Waals surface area contributed by atoms with Crippen LogP contribution in [0.25, 0.3) is 5.57 Å². The number of ketones is 2. The van der Waals surface area contributed by atoms with E-state index in [9.17, 15) is 69.6 Å². The SMILES string of the molecule is C/C1=C/C=C/[C@H](C)[C@H](O)[C@@H](C)[C@@H](O)[C@@H](C)[C@H](O)[C@H](C)[C@@H](O)C(C)/C=C(/C)C(=O)C2=c3c(O)cc(c(O)c3C(O)C(C)C2=O)=NC1=O.CC.CC.CC.CC.CCC.CCC.COc1cc2cc(c1Cl)N(C)C(=O)C[C@H](OC(=O)C(C)C)[C@@]1(C)O[C@H]1[C@H](C)[C@@H]1C[C@@](O)(NC(=O)O1)[C@H](OC)/C=C/C=C(/C)C2. The van der Waals surface area contributed by atoms with Crippen LogP contribution in [-0.4, -0.2) is 158 Å². The summed E-state index contributed by atoms with van der Waals surface area (Å²) >= 11 is 6.68. The third-order valence-corrected chi connectivity index (χ3v) is 18.8. The summed E-state index contributed by atoms with van der Waals surface area (Å²) in [7, 11) is 4.56. The van der Waals surface area contributed by atoms with Crippen molar-refractivity contribution < 1.29 is 93.3 Å². The van der Waals surface area contributed by atoms with Gasteiger partial charge in [-0.3, -0.25) is 29.3 Å². The number of nitrogens with one attached hydrogen (secondary N) is 1. The first kappa shape index (κ1) is 97.4. The van der Waals surface area contributed by atoms with Crippen LogP contribution in [0.4, 0.5) is 10.5 Å². The molecule has 3 unspecified atom stereocenters. The highest BCUT2D eigenvalue weighted by molar-refractivity contribution is 6.46. The minimum Gasteiger partial charge on any atom is -0.507 e. The summed E-state index contributed by atoms with van der Waals surface area (Å²) in [4.78, 5) is 84.7. The summed E-state index contributed by atoms with van der Waals surface area (Å²) in [6, 6.07) is 4.57. The number of Topliss-reactive ketones (excluding diaryl/α,β-unsaturated/α-hetero) is 2. The fourth-order valence-corrected chi connectivity index (χ4v) is 12.5. The molecule has 8 bridgehead atoms. The van der Waals surface area contributed by atoms with Crippen molar-refractivity contribution >= 4 is 58.3 Å². The fraction of sp³-hybridized carbons (Fsp3) is 0.642. The van der Waals surface area contributed by atoms with Crippen LogP contribution in [0, 0.1) is 47.3 Å². The van der Waals surface area contributed by atoms with Crippen LogP contribution in [0.3, 0.4) is 0 Å². The quantitative estimate of drug-likeness (QED) is 0.0780. The summed E-state index contributed by atoms with van der Waals surface area (Å²) in [6.07, 6.45) is 4.00. The van der Waals surface area contributed by atoms with Crippen LogP contribution < -0.4 is 25.5 Å². The molecule has 0 saturated carbocycles. The second-order valence-corrected chi connectivity index (χ2v) is 27.3. The number of amides is 3. The summed E-state index contributed by atoms with van der Waals surface area (Å²) in [5.41, 5.74) is -1.22. The Morgan fingerprint density at radius 3 is 1.79 bits per heavy atom. The highest BCUT2D eigenvalue weighted by atomic mass is 35.5. The van der Waals surface area contributed by atoms with Crippen molar-refractivity contribution in [3.8, 4) is 17.2 Å². The first-order valence-electron chi connectivity index (χ1n) is 37.1. The van der Waals surface area contributed by atoms with Crippen LogP contribution in [0.15, 0.2) is 82.4 Å². The molecule has 1 aliphatic carbocycles. The Labute approximate surface area is 625 Å². The Bertz CT molecular complexity index is 3410. The molecule has 0 spiro atoms. The molecule has 5 heterocycles. The number of nitrogens with zero attached hydrogens (tertiary/aromatic N) is 2. The summed E-state index contributed by atoms with van der Waals surface area (Å²) in [5.74, 6) is -9.59. The Morgan fingerprint density at radius 1 is 0.750 bits per heavy atom. The molecule has 104 heavy (non-hydrogen) atoms. The number of ether oxygens (including phenoxy) is 5. The highest BCUT2D eigenvalue weighted by Crippen LogP contribution is 2.49. The maximum Gasteiger partial charge on any atom is 0.409 e. The number of rotatable bonds is 4. The first-order valence-corrected chi connectivity index (χ1v) is 37.5. The molecule has 2 aromatic rings. The van der Waals surface area contributed by atoms with E-state index in [0.717, 1.165) is 17.2 Å². The highest BCUT2D eigenvalue weighted by Gasteiger charge is 2.64. The van der Waals surface area contributed by atoms with E-state index < -0.39 is 160 Å². The smallest absolute Gasteiger partial charge is 0.409 e. The van der Waals surface area contributed by atoms with Gasteiger partial charge < -0.3 is 69.4 Å². The van der Waals surface area contributed by atoms with Gasteiger partial charge in [0.2, 0.25) is 5.91 Å². The lowest BCUT2D eigenvalue weighted by molar-refractivity contribution is -0.157. The van der Waals surface area contributed by atoms with Gasteiger partial charge >= 0.3 is 12.1 Å². The van der Waals surface area contributed by atoms with E-state index in [0.29, 0.717) is 17.9 Å². The first-order chi connectivity index (χ1) is 48.8. The number of carbonyl (C=O) groups is 6. The second-order valence-electron chi connectivity index (χ2n) is 26.9. The maximum atomic E-state index is 13.8. The minimum absolute atomic E-state index is 0.00361. The number of fused-ring (bicyclic) bond motifs is 20. The molecule has 6 aliphatic rings. The van der Waals surface area contributed by atoms with Crippen molar-refractivity contribution in [2.24, 2.45) is 52.3 Å². The van der Waals surface area contributed by atoms with Gasteiger partial charge in [0.05, 0.1) is 73.3 Å². The molecule has 3 amide bonds. The van der Waals surface area contributed by atoms with Crippen LogP contribution in [0.5, 0.6) is 17.2 Å². The van der Waals surface area contributed by atoms with Gasteiger partial charge in [-0.2, -0.15) is 0 Å². The van der Waals surface area contributed by atoms with Gasteiger partial charge in [-0.1, -0.05) is 218 Å². The van der Waals surface area contributed by atoms with Crippen molar-refractivity contribution in [1.29, 1.82) is 0 Å². The summed E-state index contributed by atoms with van der Waals surface area (Å²) in [5, 5.41) is 91.1. The topological polar surface area (TPSA) is 341 Å². The lowest BCUT2D eigenvalue weighted by atomic mass is 9.76. The van der Waals surface area contributed by atoms with E-state index in [1.807, 2.05) is 87.4 Å². The number of aliphatic hydroxyl groups is 6. The van der Waals surface area contributed by atoms with E-state index in [1.165, 1.54) is 71.0 Å². The number of benzene rings is 2. The number of phenolic OH excluding ortho intramolecular Hbond substituents is 2. The largest absolute Gasteiger partial charge is 0.507 e. The average molecular weight is 1490 g/mol. The molecule has 0 aromatic heterocycles. The number of allylic oxidation sites excluding steroid dienone is 6. The van der Waals surface area contributed by atoms with Crippen LogP contribution >= 0.6 is 11.6 Å². The molecular formula is C81H130ClN3O19. The zero-order valence-corrected chi connectivity index (χ0v) is 68.2. The molecule has 8 rings (SSSR count). The number of methoxy groups -OCH3 is 2. The molecule has 0 radical (unpaired) electrons. The summed E-state index contributed by atoms with van der Waals surface area (Å²) in [6.45, 7) is 45.9. The zero-order valence-electron chi connectivity index (χ0n) is 67.5.